The first kappa shape index (κ1) is 16.7. The van der Waals surface area contributed by atoms with Gasteiger partial charge in [-0.05, 0) is 16.7 Å². The van der Waals surface area contributed by atoms with Crippen LogP contribution in [0.1, 0.15) is 5.56 Å². The third-order valence-corrected chi connectivity index (χ3v) is 3.45. The van der Waals surface area contributed by atoms with E-state index < -0.39 is 11.9 Å². The Morgan fingerprint density at radius 2 is 1.65 bits per heavy atom. The molecule has 0 spiro atoms. The van der Waals surface area contributed by atoms with Crippen LogP contribution in [0.2, 0.25) is 0 Å². The number of nitrogens with one attached hydrogen (secondary N) is 1. The maximum Gasteiger partial charge on any atom is 0.246 e. The number of amides is 2. The Morgan fingerprint density at radius 1 is 1.04 bits per heavy atom. The molecule has 0 aromatic heterocycles. The van der Waals surface area contributed by atoms with E-state index in [2.05, 4.69) is 5.32 Å². The van der Waals surface area contributed by atoms with Gasteiger partial charge < -0.3 is 15.8 Å². The molecule has 2 aromatic rings. The zero-order chi connectivity index (χ0) is 16.7. The lowest BCUT2D eigenvalue weighted by atomic mass is 10.0. The van der Waals surface area contributed by atoms with Gasteiger partial charge in [-0.25, -0.2) is 0 Å². The molecule has 0 heterocycles. The Bertz CT molecular complexity index is 654. The van der Waals surface area contributed by atoms with Crippen molar-refractivity contribution in [2.45, 2.75) is 12.5 Å². The predicted octanol–water partition coefficient (Wildman–Crippen LogP) is 1.51. The lowest BCUT2D eigenvalue weighted by molar-refractivity contribution is -0.129. The third kappa shape index (κ3) is 4.93. The molecule has 0 saturated heterocycles. The lowest BCUT2D eigenvalue weighted by Crippen LogP contribution is -2.46. The van der Waals surface area contributed by atoms with Gasteiger partial charge in [0.25, 0.3) is 0 Å². The average molecular weight is 312 g/mol. The van der Waals surface area contributed by atoms with Gasteiger partial charge in [0.15, 0.2) is 0 Å². The SMILES string of the molecule is COCC(=O)N[C@H](Cc1ccc(-c2ccccc2)cc1)C(N)=O. The van der Waals surface area contributed by atoms with Gasteiger partial charge in [0.1, 0.15) is 12.6 Å². The minimum atomic E-state index is -0.750. The molecule has 0 saturated carbocycles. The molecule has 5 heteroatoms. The fourth-order valence-corrected chi connectivity index (χ4v) is 2.29. The summed E-state index contributed by atoms with van der Waals surface area (Å²) in [7, 11) is 1.42. The van der Waals surface area contributed by atoms with E-state index in [0.29, 0.717) is 6.42 Å². The van der Waals surface area contributed by atoms with Gasteiger partial charge in [0.05, 0.1) is 0 Å². The van der Waals surface area contributed by atoms with Crippen molar-refractivity contribution in [3.63, 3.8) is 0 Å². The van der Waals surface area contributed by atoms with Gasteiger partial charge in [0, 0.05) is 13.5 Å². The summed E-state index contributed by atoms with van der Waals surface area (Å²) in [6.07, 6.45) is 0.347. The summed E-state index contributed by atoms with van der Waals surface area (Å²) in [6, 6.07) is 17.1. The molecule has 0 aliphatic rings. The maximum atomic E-state index is 11.5. The van der Waals surface area contributed by atoms with E-state index in [-0.39, 0.29) is 12.5 Å². The average Bonchev–Trinajstić information content (AvgIpc) is 2.56. The summed E-state index contributed by atoms with van der Waals surface area (Å²) in [5.41, 5.74) is 8.49. The van der Waals surface area contributed by atoms with Gasteiger partial charge >= 0.3 is 0 Å². The van der Waals surface area contributed by atoms with E-state index in [4.69, 9.17) is 10.5 Å². The summed E-state index contributed by atoms with van der Waals surface area (Å²) >= 11 is 0. The second-order valence-corrected chi connectivity index (χ2v) is 5.22. The molecular weight excluding hydrogens is 292 g/mol. The minimum Gasteiger partial charge on any atom is -0.375 e. The smallest absolute Gasteiger partial charge is 0.246 e. The molecule has 0 aliphatic carbocycles. The van der Waals surface area contributed by atoms with Crippen molar-refractivity contribution in [2.24, 2.45) is 5.73 Å². The van der Waals surface area contributed by atoms with Crippen molar-refractivity contribution in [3.05, 3.63) is 60.2 Å². The van der Waals surface area contributed by atoms with Crippen molar-refractivity contribution in [1.82, 2.24) is 5.32 Å². The van der Waals surface area contributed by atoms with Gasteiger partial charge in [-0.3, -0.25) is 9.59 Å². The first-order valence-electron chi connectivity index (χ1n) is 7.32. The van der Waals surface area contributed by atoms with Gasteiger partial charge in [-0.2, -0.15) is 0 Å². The fraction of sp³-hybridized carbons (Fsp3) is 0.222. The highest BCUT2D eigenvalue weighted by molar-refractivity contribution is 5.87. The largest absolute Gasteiger partial charge is 0.375 e. The standard InChI is InChI=1S/C18H20N2O3/c1-23-12-17(21)20-16(18(19)22)11-13-7-9-15(10-8-13)14-5-3-2-4-6-14/h2-10,16H,11-12H2,1H3,(H2,19,22)(H,20,21)/t16-/m1/s1. The second-order valence-electron chi connectivity index (χ2n) is 5.22. The number of hydrogen-bond donors (Lipinski definition) is 2. The Balaban J connectivity index is 2.06. The molecule has 0 unspecified atom stereocenters. The molecular formula is C18H20N2O3. The van der Waals surface area contributed by atoms with Crippen molar-refractivity contribution in [1.29, 1.82) is 0 Å². The number of primary amides is 1. The number of hydrogen-bond acceptors (Lipinski definition) is 3. The van der Waals surface area contributed by atoms with Crippen LogP contribution >= 0.6 is 0 Å². The molecule has 1 atom stereocenters. The van der Waals surface area contributed by atoms with Crippen molar-refractivity contribution < 1.29 is 14.3 Å². The third-order valence-electron chi connectivity index (χ3n) is 3.45. The van der Waals surface area contributed by atoms with E-state index in [1.54, 1.807) is 0 Å². The second kappa shape index (κ2) is 8.10. The highest BCUT2D eigenvalue weighted by atomic mass is 16.5. The van der Waals surface area contributed by atoms with Gasteiger partial charge in [0.2, 0.25) is 11.8 Å². The molecule has 0 fully saturated rings. The number of carbonyl (C=O) groups excluding carboxylic acids is 2. The van der Waals surface area contributed by atoms with Crippen LogP contribution in [0.25, 0.3) is 11.1 Å². The number of carbonyl (C=O) groups is 2. The van der Waals surface area contributed by atoms with Crippen molar-refractivity contribution in [2.75, 3.05) is 13.7 Å². The maximum absolute atomic E-state index is 11.5. The first-order valence-corrected chi connectivity index (χ1v) is 7.32. The van der Waals surface area contributed by atoms with Crippen molar-refractivity contribution >= 4 is 11.8 Å². The van der Waals surface area contributed by atoms with E-state index >= 15 is 0 Å². The van der Waals surface area contributed by atoms with Crippen LogP contribution in [0, 0.1) is 0 Å². The van der Waals surface area contributed by atoms with Crippen LogP contribution in [0.5, 0.6) is 0 Å². The number of nitrogens with two attached hydrogens (primary N) is 1. The lowest BCUT2D eigenvalue weighted by Gasteiger charge is -2.15. The molecule has 2 rings (SSSR count). The van der Waals surface area contributed by atoms with Gasteiger partial charge in [-0.1, -0.05) is 54.6 Å². The molecule has 0 radical (unpaired) electrons. The molecule has 23 heavy (non-hydrogen) atoms. The molecule has 3 N–H and O–H groups in total. The van der Waals surface area contributed by atoms with E-state index in [9.17, 15) is 9.59 Å². The Morgan fingerprint density at radius 3 is 2.22 bits per heavy atom. The van der Waals surface area contributed by atoms with E-state index in [1.165, 1.54) is 7.11 Å². The topological polar surface area (TPSA) is 81.4 Å². The monoisotopic (exact) mass is 312 g/mol. The zero-order valence-corrected chi connectivity index (χ0v) is 13.0. The van der Waals surface area contributed by atoms with Crippen molar-refractivity contribution in [3.8, 4) is 11.1 Å². The zero-order valence-electron chi connectivity index (χ0n) is 13.0. The Hall–Kier alpha value is -2.66. The predicted molar refractivity (Wildman–Crippen MR) is 88.6 cm³/mol. The summed E-state index contributed by atoms with van der Waals surface area (Å²) in [6.45, 7) is -0.100. The van der Waals surface area contributed by atoms with Crippen LogP contribution in [0.3, 0.4) is 0 Å². The summed E-state index contributed by atoms with van der Waals surface area (Å²) in [4.78, 5) is 23.0. The quantitative estimate of drug-likeness (QED) is 0.813. The molecule has 5 nitrogen and oxygen atoms in total. The van der Waals surface area contributed by atoms with Crippen LogP contribution in [0.15, 0.2) is 54.6 Å². The number of rotatable bonds is 7. The summed E-state index contributed by atoms with van der Waals surface area (Å²) < 4.78 is 4.74. The molecule has 0 aliphatic heterocycles. The first-order chi connectivity index (χ1) is 11.1. The van der Waals surface area contributed by atoms with Crippen LogP contribution in [-0.2, 0) is 20.7 Å². The van der Waals surface area contributed by atoms with E-state index in [1.807, 2.05) is 54.6 Å². The number of benzene rings is 2. The molecule has 0 bridgehead atoms. The highest BCUT2D eigenvalue weighted by Gasteiger charge is 2.18. The minimum absolute atomic E-state index is 0.100. The summed E-state index contributed by atoms with van der Waals surface area (Å²) in [5, 5.41) is 2.57. The number of methoxy groups -OCH3 is 1. The molecule has 2 amide bonds. The number of ether oxygens (including phenoxy) is 1. The molecule has 120 valence electrons. The van der Waals surface area contributed by atoms with E-state index in [0.717, 1.165) is 16.7 Å². The van der Waals surface area contributed by atoms with Crippen LogP contribution < -0.4 is 11.1 Å². The molecule has 2 aromatic carbocycles. The van der Waals surface area contributed by atoms with Crippen LogP contribution in [0.4, 0.5) is 0 Å². The summed E-state index contributed by atoms with van der Waals surface area (Å²) in [5.74, 6) is -0.932. The fourth-order valence-electron chi connectivity index (χ4n) is 2.29. The Kier molecular flexibility index (Phi) is 5.88. The Labute approximate surface area is 135 Å². The van der Waals surface area contributed by atoms with Crippen LogP contribution in [-0.4, -0.2) is 31.6 Å². The van der Waals surface area contributed by atoms with Gasteiger partial charge in [-0.15, -0.1) is 0 Å². The highest BCUT2D eigenvalue weighted by Crippen LogP contribution is 2.19. The normalized spacial score (nSPS) is 11.7.